The van der Waals surface area contributed by atoms with E-state index in [1.807, 2.05) is 25.1 Å². The normalized spacial score (nSPS) is 10.5. The molecule has 0 aliphatic rings. The Balaban J connectivity index is 1.90. The number of carbonyl (C=O) groups excluding carboxylic acids is 2. The van der Waals surface area contributed by atoms with Crippen LogP contribution in [0.2, 0.25) is 0 Å². The summed E-state index contributed by atoms with van der Waals surface area (Å²) < 4.78 is 9.92. The monoisotopic (exact) mass is 338 g/mol. The van der Waals surface area contributed by atoms with Crippen molar-refractivity contribution in [2.24, 2.45) is 0 Å². The number of ether oxygens (including phenoxy) is 2. The van der Waals surface area contributed by atoms with Gasteiger partial charge in [0.05, 0.1) is 19.8 Å². The molecule has 0 saturated heterocycles. The number of rotatable bonds is 4. The third-order valence-electron chi connectivity index (χ3n) is 4.03. The van der Waals surface area contributed by atoms with Crippen molar-refractivity contribution >= 4 is 28.5 Å². The zero-order valence-corrected chi connectivity index (χ0v) is 14.2. The van der Waals surface area contributed by atoms with E-state index < -0.39 is 5.97 Å². The quantitative estimate of drug-likeness (QED) is 0.713. The van der Waals surface area contributed by atoms with Crippen LogP contribution in [-0.2, 0) is 4.74 Å². The lowest BCUT2D eigenvalue weighted by Gasteiger charge is -2.06. The summed E-state index contributed by atoms with van der Waals surface area (Å²) in [4.78, 5) is 27.3. The molecule has 6 nitrogen and oxygen atoms in total. The van der Waals surface area contributed by atoms with Crippen LogP contribution in [0.5, 0.6) is 5.75 Å². The van der Waals surface area contributed by atoms with Gasteiger partial charge < -0.3 is 19.8 Å². The molecule has 3 rings (SSSR count). The molecule has 25 heavy (non-hydrogen) atoms. The first-order valence-electron chi connectivity index (χ1n) is 7.69. The van der Waals surface area contributed by atoms with E-state index in [9.17, 15) is 9.59 Å². The summed E-state index contributed by atoms with van der Waals surface area (Å²) in [5.41, 5.74) is 3.04. The van der Waals surface area contributed by atoms with Gasteiger partial charge in [-0.05, 0) is 48.9 Å². The molecule has 0 bridgehead atoms. The third kappa shape index (κ3) is 3.19. The standard InChI is InChI=1S/C19H18N2O4/c1-11-15-10-14(24-2)7-8-16(15)21-17(11)18(22)20-13-6-4-5-12(9-13)19(23)25-3/h4-10,21H,1-3H3,(H,20,22). The minimum absolute atomic E-state index is 0.283. The largest absolute Gasteiger partial charge is 0.497 e. The summed E-state index contributed by atoms with van der Waals surface area (Å²) in [5.74, 6) is -0.00740. The second-order valence-electron chi connectivity index (χ2n) is 5.56. The van der Waals surface area contributed by atoms with E-state index in [0.29, 0.717) is 16.9 Å². The number of hydrogen-bond acceptors (Lipinski definition) is 4. The molecule has 128 valence electrons. The van der Waals surface area contributed by atoms with Gasteiger partial charge in [-0.2, -0.15) is 0 Å². The average molecular weight is 338 g/mol. The summed E-state index contributed by atoms with van der Waals surface area (Å²) in [6.45, 7) is 1.87. The van der Waals surface area contributed by atoms with Gasteiger partial charge in [0.25, 0.3) is 5.91 Å². The molecule has 6 heteroatoms. The summed E-state index contributed by atoms with van der Waals surface area (Å²) in [6.07, 6.45) is 0. The molecule has 0 spiro atoms. The van der Waals surface area contributed by atoms with Crippen molar-refractivity contribution in [3.05, 3.63) is 59.3 Å². The van der Waals surface area contributed by atoms with Gasteiger partial charge >= 0.3 is 5.97 Å². The number of nitrogens with one attached hydrogen (secondary N) is 2. The lowest BCUT2D eigenvalue weighted by atomic mass is 10.1. The van der Waals surface area contributed by atoms with Crippen molar-refractivity contribution < 1.29 is 19.1 Å². The Morgan fingerprint density at radius 2 is 1.88 bits per heavy atom. The van der Waals surface area contributed by atoms with E-state index in [1.165, 1.54) is 7.11 Å². The third-order valence-corrected chi connectivity index (χ3v) is 4.03. The first-order chi connectivity index (χ1) is 12.0. The molecule has 2 aromatic carbocycles. The van der Waals surface area contributed by atoms with Gasteiger partial charge in [0, 0.05) is 16.6 Å². The van der Waals surface area contributed by atoms with Crippen LogP contribution >= 0.6 is 0 Å². The minimum Gasteiger partial charge on any atom is -0.497 e. The Morgan fingerprint density at radius 1 is 1.08 bits per heavy atom. The molecule has 0 saturated carbocycles. The van der Waals surface area contributed by atoms with E-state index in [2.05, 4.69) is 10.3 Å². The highest BCUT2D eigenvalue weighted by Gasteiger charge is 2.16. The number of H-pyrrole nitrogens is 1. The maximum absolute atomic E-state index is 12.6. The molecule has 0 aliphatic heterocycles. The van der Waals surface area contributed by atoms with Crippen LogP contribution in [0.15, 0.2) is 42.5 Å². The molecule has 0 aliphatic carbocycles. The van der Waals surface area contributed by atoms with Crippen LogP contribution in [0, 0.1) is 6.92 Å². The van der Waals surface area contributed by atoms with Crippen LogP contribution in [0.4, 0.5) is 5.69 Å². The van der Waals surface area contributed by atoms with Crippen LogP contribution in [0.25, 0.3) is 10.9 Å². The molecule has 0 atom stereocenters. The lowest BCUT2D eigenvalue weighted by molar-refractivity contribution is 0.0600. The highest BCUT2D eigenvalue weighted by Crippen LogP contribution is 2.26. The maximum Gasteiger partial charge on any atom is 0.337 e. The molecule has 0 unspecified atom stereocenters. The number of fused-ring (bicyclic) bond motifs is 1. The number of anilines is 1. The SMILES string of the molecule is COC(=O)c1cccc(NC(=O)c2[nH]c3ccc(OC)cc3c2C)c1. The molecule has 1 aromatic heterocycles. The van der Waals surface area contributed by atoms with Gasteiger partial charge in [-0.1, -0.05) is 6.07 Å². The fourth-order valence-electron chi connectivity index (χ4n) is 2.70. The maximum atomic E-state index is 12.6. The predicted molar refractivity (Wildman–Crippen MR) is 95.3 cm³/mol. The summed E-state index contributed by atoms with van der Waals surface area (Å²) in [7, 11) is 2.92. The molecular weight excluding hydrogens is 320 g/mol. The fraction of sp³-hybridized carbons (Fsp3) is 0.158. The summed E-state index contributed by atoms with van der Waals surface area (Å²) >= 11 is 0. The van der Waals surface area contributed by atoms with Crippen molar-refractivity contribution in [2.45, 2.75) is 6.92 Å². The van der Waals surface area contributed by atoms with Crippen LogP contribution in [0.1, 0.15) is 26.4 Å². The van der Waals surface area contributed by atoms with Crippen molar-refractivity contribution in [1.82, 2.24) is 4.98 Å². The number of aromatic nitrogens is 1. The minimum atomic E-state index is -0.454. The van der Waals surface area contributed by atoms with Crippen molar-refractivity contribution in [3.63, 3.8) is 0 Å². The number of amides is 1. The Bertz CT molecular complexity index is 959. The van der Waals surface area contributed by atoms with Gasteiger partial charge in [0.2, 0.25) is 0 Å². The van der Waals surface area contributed by atoms with E-state index in [0.717, 1.165) is 22.2 Å². The van der Waals surface area contributed by atoms with Crippen LogP contribution < -0.4 is 10.1 Å². The second-order valence-corrected chi connectivity index (χ2v) is 5.56. The number of aromatic amines is 1. The van der Waals surface area contributed by atoms with Gasteiger partial charge in [0.1, 0.15) is 11.4 Å². The topological polar surface area (TPSA) is 80.4 Å². The van der Waals surface area contributed by atoms with E-state index in [4.69, 9.17) is 9.47 Å². The van der Waals surface area contributed by atoms with Gasteiger partial charge in [-0.3, -0.25) is 4.79 Å². The number of esters is 1. The van der Waals surface area contributed by atoms with Gasteiger partial charge in [-0.25, -0.2) is 4.79 Å². The van der Waals surface area contributed by atoms with Crippen LogP contribution in [-0.4, -0.2) is 31.1 Å². The first-order valence-corrected chi connectivity index (χ1v) is 7.69. The highest BCUT2D eigenvalue weighted by atomic mass is 16.5. The van der Waals surface area contributed by atoms with Crippen molar-refractivity contribution in [1.29, 1.82) is 0 Å². The summed E-state index contributed by atoms with van der Waals surface area (Å²) in [5, 5.41) is 3.72. The smallest absolute Gasteiger partial charge is 0.337 e. The molecular formula is C19H18N2O4. The lowest BCUT2D eigenvalue weighted by Crippen LogP contribution is -2.14. The number of hydrogen-bond donors (Lipinski definition) is 2. The van der Waals surface area contributed by atoms with E-state index in [-0.39, 0.29) is 5.91 Å². The Hall–Kier alpha value is -3.28. The zero-order valence-electron chi connectivity index (χ0n) is 14.2. The molecule has 0 fully saturated rings. The van der Waals surface area contributed by atoms with Gasteiger partial charge in [0.15, 0.2) is 0 Å². The van der Waals surface area contributed by atoms with Crippen molar-refractivity contribution in [3.8, 4) is 5.75 Å². The number of benzene rings is 2. The highest BCUT2D eigenvalue weighted by molar-refractivity contribution is 6.08. The fourth-order valence-corrected chi connectivity index (χ4v) is 2.70. The Morgan fingerprint density at radius 3 is 2.60 bits per heavy atom. The number of carbonyl (C=O) groups is 2. The van der Waals surface area contributed by atoms with E-state index >= 15 is 0 Å². The first kappa shape index (κ1) is 16.6. The van der Waals surface area contributed by atoms with E-state index in [1.54, 1.807) is 31.4 Å². The Labute approximate surface area is 144 Å². The van der Waals surface area contributed by atoms with Crippen LogP contribution in [0.3, 0.4) is 0 Å². The van der Waals surface area contributed by atoms with Crippen molar-refractivity contribution in [2.75, 3.05) is 19.5 Å². The van der Waals surface area contributed by atoms with Gasteiger partial charge in [-0.15, -0.1) is 0 Å². The second kappa shape index (κ2) is 6.68. The molecule has 1 heterocycles. The Kier molecular flexibility index (Phi) is 4.43. The average Bonchev–Trinajstić information content (AvgIpc) is 2.97. The predicted octanol–water partition coefficient (Wildman–Crippen LogP) is 3.52. The molecule has 3 aromatic rings. The molecule has 1 amide bonds. The number of methoxy groups -OCH3 is 2. The summed E-state index contributed by atoms with van der Waals surface area (Å²) in [6, 6.07) is 12.2. The zero-order chi connectivity index (χ0) is 18.0. The molecule has 2 N–H and O–H groups in total. The number of aryl methyl sites for hydroxylation is 1. The molecule has 0 radical (unpaired) electrons.